The summed E-state index contributed by atoms with van der Waals surface area (Å²) in [6, 6.07) is 9.85. The van der Waals surface area contributed by atoms with Crippen LogP contribution in [0.3, 0.4) is 0 Å². The van der Waals surface area contributed by atoms with E-state index in [4.69, 9.17) is 4.74 Å². The van der Waals surface area contributed by atoms with Gasteiger partial charge in [0, 0.05) is 17.2 Å². The molecule has 2 aromatic rings. The zero-order valence-electron chi connectivity index (χ0n) is 16.4. The van der Waals surface area contributed by atoms with E-state index >= 15 is 0 Å². The van der Waals surface area contributed by atoms with Gasteiger partial charge in [0.2, 0.25) is 9.84 Å². The van der Waals surface area contributed by atoms with Crippen molar-refractivity contribution in [3.63, 3.8) is 0 Å². The predicted octanol–water partition coefficient (Wildman–Crippen LogP) is 2.67. The second kappa shape index (κ2) is 7.68. The molecule has 4 rings (SSSR count). The van der Waals surface area contributed by atoms with E-state index in [1.54, 1.807) is 6.07 Å². The van der Waals surface area contributed by atoms with Gasteiger partial charge < -0.3 is 10.1 Å². The van der Waals surface area contributed by atoms with E-state index < -0.39 is 27.7 Å². The minimum Gasteiger partial charge on any atom is -0.449 e. The zero-order chi connectivity index (χ0) is 21.5. The minimum atomic E-state index is -3.96. The number of carbonyl (C=O) groups is 3. The van der Waals surface area contributed by atoms with E-state index in [9.17, 15) is 22.8 Å². The molecule has 0 spiro atoms. The molecule has 1 aliphatic carbocycles. The highest BCUT2D eigenvalue weighted by molar-refractivity contribution is 7.91. The van der Waals surface area contributed by atoms with E-state index in [0.29, 0.717) is 0 Å². The van der Waals surface area contributed by atoms with E-state index in [2.05, 4.69) is 5.32 Å². The molecule has 1 amide bonds. The molecule has 2 aromatic carbocycles. The number of carbonyl (C=O) groups excluding carboxylic acids is 3. The standard InChI is InChI=1S/C22H21NO6S/c1-13(21(25)23-15-6-2-3-7-15)29-22(26)14-10-11-17-19(12-14)30(27,28)18-9-5-4-8-16(18)20(17)24/h4-5,8-13,15H,2-3,6-7H2,1H3,(H,23,25). The summed E-state index contributed by atoms with van der Waals surface area (Å²) in [7, 11) is -3.96. The number of amides is 1. The van der Waals surface area contributed by atoms with Gasteiger partial charge in [0.25, 0.3) is 5.91 Å². The second-order valence-electron chi connectivity index (χ2n) is 7.58. The van der Waals surface area contributed by atoms with E-state index in [0.717, 1.165) is 31.7 Å². The van der Waals surface area contributed by atoms with Crippen LogP contribution < -0.4 is 5.32 Å². The van der Waals surface area contributed by atoms with Crippen LogP contribution in [0.15, 0.2) is 52.3 Å². The summed E-state index contributed by atoms with van der Waals surface area (Å²) < 4.78 is 31.2. The Balaban J connectivity index is 1.56. The third kappa shape index (κ3) is 3.52. The van der Waals surface area contributed by atoms with Crippen LogP contribution in [0.4, 0.5) is 0 Å². The Hall–Kier alpha value is -3.00. The van der Waals surface area contributed by atoms with Crippen molar-refractivity contribution in [2.45, 2.75) is 54.5 Å². The first-order chi connectivity index (χ1) is 14.3. The second-order valence-corrected chi connectivity index (χ2v) is 9.46. The number of esters is 1. The summed E-state index contributed by atoms with van der Waals surface area (Å²) in [4.78, 5) is 37.1. The lowest BCUT2D eigenvalue weighted by molar-refractivity contribution is -0.129. The van der Waals surface area contributed by atoms with Gasteiger partial charge in [-0.1, -0.05) is 25.0 Å². The fourth-order valence-corrected chi connectivity index (χ4v) is 5.56. The van der Waals surface area contributed by atoms with Crippen LogP contribution in [0.5, 0.6) is 0 Å². The van der Waals surface area contributed by atoms with Crippen LogP contribution in [0.25, 0.3) is 0 Å². The molecule has 0 saturated heterocycles. The molecule has 0 bridgehead atoms. The SMILES string of the molecule is CC(OC(=O)c1ccc2c(c1)S(=O)(=O)c1ccccc1C2=O)C(=O)NC1CCCC1. The van der Waals surface area contributed by atoms with Gasteiger partial charge in [0.15, 0.2) is 11.9 Å². The molecular weight excluding hydrogens is 406 g/mol. The zero-order valence-corrected chi connectivity index (χ0v) is 17.2. The first kappa shape index (κ1) is 20.3. The molecule has 0 aromatic heterocycles. The molecule has 1 aliphatic heterocycles. The lowest BCUT2D eigenvalue weighted by Gasteiger charge is -2.20. The summed E-state index contributed by atoms with van der Waals surface area (Å²) in [5.74, 6) is -1.63. The number of hydrogen-bond donors (Lipinski definition) is 1. The third-order valence-electron chi connectivity index (χ3n) is 5.53. The molecule has 2 aliphatic rings. The molecule has 30 heavy (non-hydrogen) atoms. The molecule has 1 unspecified atom stereocenters. The number of benzene rings is 2. The van der Waals surface area contributed by atoms with Gasteiger partial charge >= 0.3 is 5.97 Å². The van der Waals surface area contributed by atoms with Gasteiger partial charge in [-0.2, -0.15) is 0 Å². The Labute approximate surface area is 174 Å². The Kier molecular flexibility index (Phi) is 5.19. The number of ether oxygens (including phenoxy) is 1. The summed E-state index contributed by atoms with van der Waals surface area (Å²) in [6.07, 6.45) is 2.91. The van der Waals surface area contributed by atoms with Crippen molar-refractivity contribution in [3.8, 4) is 0 Å². The number of fused-ring (bicyclic) bond motifs is 2. The minimum absolute atomic E-state index is 0.0114. The van der Waals surface area contributed by atoms with Crippen molar-refractivity contribution in [2.75, 3.05) is 0 Å². The smallest absolute Gasteiger partial charge is 0.338 e. The fourth-order valence-electron chi connectivity index (χ4n) is 3.88. The maximum absolute atomic E-state index is 13.0. The van der Waals surface area contributed by atoms with Gasteiger partial charge in [-0.3, -0.25) is 9.59 Å². The summed E-state index contributed by atoms with van der Waals surface area (Å²) in [5.41, 5.74) is 0.0832. The first-order valence-electron chi connectivity index (χ1n) is 9.83. The van der Waals surface area contributed by atoms with Gasteiger partial charge in [-0.25, -0.2) is 13.2 Å². The molecule has 1 atom stereocenters. The summed E-state index contributed by atoms with van der Waals surface area (Å²) >= 11 is 0. The molecule has 1 heterocycles. The lowest BCUT2D eigenvalue weighted by atomic mass is 10.0. The Morgan fingerprint density at radius 2 is 1.70 bits per heavy atom. The van der Waals surface area contributed by atoms with Crippen LogP contribution in [0.1, 0.15) is 58.9 Å². The third-order valence-corrected chi connectivity index (χ3v) is 7.38. The average Bonchev–Trinajstić information content (AvgIpc) is 3.25. The lowest BCUT2D eigenvalue weighted by Crippen LogP contribution is -2.40. The predicted molar refractivity (Wildman–Crippen MR) is 107 cm³/mol. The molecule has 8 heteroatoms. The molecule has 1 saturated carbocycles. The van der Waals surface area contributed by atoms with Crippen LogP contribution in [0, 0.1) is 0 Å². The Morgan fingerprint density at radius 1 is 1.03 bits per heavy atom. The number of rotatable bonds is 4. The topological polar surface area (TPSA) is 107 Å². The van der Waals surface area contributed by atoms with Crippen molar-refractivity contribution in [3.05, 3.63) is 59.2 Å². The van der Waals surface area contributed by atoms with Crippen molar-refractivity contribution < 1.29 is 27.5 Å². The number of hydrogen-bond acceptors (Lipinski definition) is 6. The van der Waals surface area contributed by atoms with Crippen LogP contribution >= 0.6 is 0 Å². The number of sulfone groups is 1. The molecule has 7 nitrogen and oxygen atoms in total. The average molecular weight is 427 g/mol. The van der Waals surface area contributed by atoms with Gasteiger partial charge in [-0.05, 0) is 50.1 Å². The van der Waals surface area contributed by atoms with E-state index in [1.165, 1.54) is 37.3 Å². The monoisotopic (exact) mass is 427 g/mol. The highest BCUT2D eigenvalue weighted by Gasteiger charge is 2.35. The summed E-state index contributed by atoms with van der Waals surface area (Å²) in [6.45, 7) is 1.47. The molecule has 1 fully saturated rings. The van der Waals surface area contributed by atoms with E-state index in [1.807, 2.05) is 0 Å². The fraction of sp³-hybridized carbons (Fsp3) is 0.318. The molecule has 156 valence electrons. The normalized spacial score (nSPS) is 18.2. The van der Waals surface area contributed by atoms with Crippen molar-refractivity contribution in [1.82, 2.24) is 5.32 Å². The molecular formula is C22H21NO6S. The van der Waals surface area contributed by atoms with Crippen LogP contribution in [-0.2, 0) is 19.4 Å². The quantitative estimate of drug-likeness (QED) is 0.642. The van der Waals surface area contributed by atoms with Gasteiger partial charge in [0.1, 0.15) is 0 Å². The maximum Gasteiger partial charge on any atom is 0.338 e. The number of ketones is 1. The van der Waals surface area contributed by atoms with Gasteiger partial charge in [0.05, 0.1) is 15.4 Å². The Morgan fingerprint density at radius 3 is 2.43 bits per heavy atom. The highest BCUT2D eigenvalue weighted by Crippen LogP contribution is 2.34. The Bertz CT molecular complexity index is 1150. The first-order valence-corrected chi connectivity index (χ1v) is 11.3. The van der Waals surface area contributed by atoms with Crippen molar-refractivity contribution >= 4 is 27.5 Å². The van der Waals surface area contributed by atoms with Crippen LogP contribution in [-0.4, -0.2) is 38.2 Å². The molecule has 1 N–H and O–H groups in total. The summed E-state index contributed by atoms with van der Waals surface area (Å²) in [5, 5.41) is 2.86. The molecule has 0 radical (unpaired) electrons. The van der Waals surface area contributed by atoms with E-state index in [-0.39, 0.29) is 38.4 Å². The van der Waals surface area contributed by atoms with Crippen molar-refractivity contribution in [2.24, 2.45) is 0 Å². The van der Waals surface area contributed by atoms with Crippen LogP contribution in [0.2, 0.25) is 0 Å². The largest absolute Gasteiger partial charge is 0.449 e. The highest BCUT2D eigenvalue weighted by atomic mass is 32.2. The van der Waals surface area contributed by atoms with Crippen molar-refractivity contribution in [1.29, 1.82) is 0 Å². The van der Waals surface area contributed by atoms with Gasteiger partial charge in [-0.15, -0.1) is 0 Å². The maximum atomic E-state index is 13.0. The number of nitrogens with one attached hydrogen (secondary N) is 1.